The molecule has 1 aliphatic rings. The van der Waals surface area contributed by atoms with Crippen molar-refractivity contribution in [3.05, 3.63) is 48.0 Å². The van der Waals surface area contributed by atoms with Crippen LogP contribution >= 0.6 is 0 Å². The SMILES string of the molecule is CC(=O)N1CCCC(Oc2cc(F)cc(NC(=O)Nc3ccc(C(N)=O)nc3)c2)C1. The van der Waals surface area contributed by atoms with Crippen LogP contribution in [0.15, 0.2) is 36.5 Å². The van der Waals surface area contributed by atoms with Crippen LogP contribution in [0.25, 0.3) is 0 Å². The Hall–Kier alpha value is -3.69. The number of ether oxygens (including phenoxy) is 1. The van der Waals surface area contributed by atoms with E-state index in [9.17, 15) is 18.8 Å². The van der Waals surface area contributed by atoms with Gasteiger partial charge in [-0.15, -0.1) is 0 Å². The lowest BCUT2D eigenvalue weighted by Crippen LogP contribution is -2.43. The normalized spacial score (nSPS) is 15.9. The molecule has 30 heavy (non-hydrogen) atoms. The highest BCUT2D eigenvalue weighted by Gasteiger charge is 2.23. The largest absolute Gasteiger partial charge is 0.488 e. The molecule has 0 spiro atoms. The zero-order valence-electron chi connectivity index (χ0n) is 16.4. The Bertz CT molecular complexity index is 951. The van der Waals surface area contributed by atoms with E-state index in [-0.39, 0.29) is 29.1 Å². The first-order valence-corrected chi connectivity index (χ1v) is 9.37. The van der Waals surface area contributed by atoms with E-state index in [1.165, 1.54) is 37.4 Å². The quantitative estimate of drug-likeness (QED) is 0.691. The number of pyridine rings is 1. The third-order valence-corrected chi connectivity index (χ3v) is 4.53. The van der Waals surface area contributed by atoms with Gasteiger partial charge in [-0.25, -0.2) is 14.2 Å². The summed E-state index contributed by atoms with van der Waals surface area (Å²) in [5.41, 5.74) is 5.71. The van der Waals surface area contributed by atoms with Crippen LogP contribution in [0.4, 0.5) is 20.6 Å². The first-order valence-electron chi connectivity index (χ1n) is 9.37. The minimum atomic E-state index is -0.678. The van der Waals surface area contributed by atoms with Crippen molar-refractivity contribution >= 4 is 29.2 Å². The molecule has 158 valence electrons. The molecule has 2 aromatic rings. The van der Waals surface area contributed by atoms with E-state index >= 15 is 0 Å². The molecule has 9 nitrogen and oxygen atoms in total. The Morgan fingerprint density at radius 1 is 1.20 bits per heavy atom. The summed E-state index contributed by atoms with van der Waals surface area (Å²) in [4.78, 5) is 40.3. The van der Waals surface area contributed by atoms with E-state index in [1.807, 2.05) is 0 Å². The standard InChI is InChI=1S/C20H22FN5O4/c1-12(27)26-6-2-3-16(11-26)30-17-8-13(21)7-15(9-17)25-20(29)24-14-4-5-18(19(22)28)23-10-14/h4-5,7-10,16H,2-3,6,11H2,1H3,(H2,22,28)(H2,24,25,29). The molecule has 4 N–H and O–H groups in total. The van der Waals surface area contributed by atoms with Gasteiger partial charge < -0.3 is 26.0 Å². The number of primary amides is 1. The highest BCUT2D eigenvalue weighted by Crippen LogP contribution is 2.24. The predicted octanol–water partition coefficient (Wildman–Crippen LogP) is 2.35. The van der Waals surface area contributed by atoms with Crippen molar-refractivity contribution in [2.45, 2.75) is 25.9 Å². The number of carbonyl (C=O) groups excluding carboxylic acids is 3. The van der Waals surface area contributed by atoms with Crippen LogP contribution in [0.2, 0.25) is 0 Å². The number of halogens is 1. The maximum absolute atomic E-state index is 14.0. The van der Waals surface area contributed by atoms with Gasteiger partial charge in [-0.1, -0.05) is 0 Å². The second kappa shape index (κ2) is 9.21. The summed E-state index contributed by atoms with van der Waals surface area (Å²) in [5, 5.41) is 5.04. The number of likely N-dealkylation sites (tertiary alicyclic amines) is 1. The fourth-order valence-electron chi connectivity index (χ4n) is 3.12. The molecule has 1 aromatic heterocycles. The second-order valence-corrected chi connectivity index (χ2v) is 6.90. The van der Waals surface area contributed by atoms with Crippen molar-refractivity contribution in [3.8, 4) is 5.75 Å². The number of piperidine rings is 1. The van der Waals surface area contributed by atoms with Crippen molar-refractivity contribution in [1.82, 2.24) is 9.88 Å². The molecular formula is C20H22FN5O4. The van der Waals surface area contributed by atoms with Crippen LogP contribution in [-0.4, -0.2) is 46.9 Å². The highest BCUT2D eigenvalue weighted by atomic mass is 19.1. The van der Waals surface area contributed by atoms with E-state index in [1.54, 1.807) is 4.90 Å². The lowest BCUT2D eigenvalue weighted by atomic mass is 10.1. The topological polar surface area (TPSA) is 127 Å². The predicted molar refractivity (Wildman–Crippen MR) is 108 cm³/mol. The van der Waals surface area contributed by atoms with Crippen LogP contribution in [-0.2, 0) is 4.79 Å². The minimum absolute atomic E-state index is 0.0279. The average molecular weight is 415 g/mol. The van der Waals surface area contributed by atoms with Gasteiger partial charge in [0, 0.05) is 31.3 Å². The summed E-state index contributed by atoms with van der Waals surface area (Å²) >= 11 is 0. The number of aromatic nitrogens is 1. The molecule has 1 unspecified atom stereocenters. The summed E-state index contributed by atoms with van der Waals surface area (Å²) in [6.45, 7) is 2.62. The Morgan fingerprint density at radius 2 is 1.97 bits per heavy atom. The highest BCUT2D eigenvalue weighted by molar-refractivity contribution is 6.00. The van der Waals surface area contributed by atoms with Gasteiger partial charge in [-0.2, -0.15) is 0 Å². The number of benzene rings is 1. The van der Waals surface area contributed by atoms with Crippen molar-refractivity contribution in [2.24, 2.45) is 5.73 Å². The molecule has 3 rings (SSSR count). The van der Waals surface area contributed by atoms with Crippen molar-refractivity contribution in [1.29, 1.82) is 0 Å². The molecule has 0 aliphatic carbocycles. The number of nitrogens with zero attached hydrogens (tertiary/aromatic N) is 2. The summed E-state index contributed by atoms with van der Waals surface area (Å²) in [6.07, 6.45) is 2.58. The monoisotopic (exact) mass is 415 g/mol. The number of hydrogen-bond acceptors (Lipinski definition) is 5. The number of anilines is 2. The van der Waals surface area contributed by atoms with Gasteiger partial charge in [0.15, 0.2) is 0 Å². The number of nitrogens with one attached hydrogen (secondary N) is 2. The van der Waals surface area contributed by atoms with E-state index in [0.29, 0.717) is 18.8 Å². The lowest BCUT2D eigenvalue weighted by Gasteiger charge is -2.32. The van der Waals surface area contributed by atoms with Crippen LogP contribution in [0.1, 0.15) is 30.3 Å². The van der Waals surface area contributed by atoms with Crippen LogP contribution in [0, 0.1) is 5.82 Å². The first kappa shape index (κ1) is 21.0. The van der Waals surface area contributed by atoms with Gasteiger partial charge in [-0.05, 0) is 31.0 Å². The van der Waals surface area contributed by atoms with E-state index in [0.717, 1.165) is 18.9 Å². The fraction of sp³-hybridized carbons (Fsp3) is 0.300. The maximum Gasteiger partial charge on any atom is 0.323 e. The zero-order valence-corrected chi connectivity index (χ0v) is 16.4. The molecule has 0 saturated carbocycles. The lowest BCUT2D eigenvalue weighted by molar-refractivity contribution is -0.131. The van der Waals surface area contributed by atoms with Gasteiger partial charge in [0.1, 0.15) is 23.4 Å². The molecule has 1 aromatic carbocycles. The summed E-state index contributed by atoms with van der Waals surface area (Å²) in [6, 6.07) is 6.10. The van der Waals surface area contributed by atoms with E-state index in [4.69, 9.17) is 10.5 Å². The van der Waals surface area contributed by atoms with Gasteiger partial charge in [0.05, 0.1) is 18.4 Å². The third-order valence-electron chi connectivity index (χ3n) is 4.53. The molecule has 2 heterocycles. The van der Waals surface area contributed by atoms with Crippen molar-refractivity contribution in [2.75, 3.05) is 23.7 Å². The van der Waals surface area contributed by atoms with E-state index < -0.39 is 17.8 Å². The smallest absolute Gasteiger partial charge is 0.323 e. The molecule has 1 fully saturated rings. The van der Waals surface area contributed by atoms with Crippen LogP contribution < -0.4 is 21.1 Å². The number of carbonyl (C=O) groups is 3. The van der Waals surface area contributed by atoms with Crippen molar-refractivity contribution in [3.63, 3.8) is 0 Å². The van der Waals surface area contributed by atoms with Gasteiger partial charge in [0.2, 0.25) is 5.91 Å². The number of hydrogen-bond donors (Lipinski definition) is 3. The van der Waals surface area contributed by atoms with Crippen molar-refractivity contribution < 1.29 is 23.5 Å². The molecule has 10 heteroatoms. The molecular weight excluding hydrogens is 393 g/mol. The third kappa shape index (κ3) is 5.66. The zero-order chi connectivity index (χ0) is 21.7. The summed E-state index contributed by atoms with van der Waals surface area (Å²) < 4.78 is 19.8. The van der Waals surface area contributed by atoms with E-state index in [2.05, 4.69) is 15.6 Å². The number of amides is 4. The molecule has 1 saturated heterocycles. The summed E-state index contributed by atoms with van der Waals surface area (Å²) in [7, 11) is 0. The molecule has 0 radical (unpaired) electrons. The fourth-order valence-corrected chi connectivity index (χ4v) is 3.12. The van der Waals surface area contributed by atoms with Gasteiger partial charge >= 0.3 is 6.03 Å². The molecule has 1 atom stereocenters. The second-order valence-electron chi connectivity index (χ2n) is 6.90. The Labute approximate surface area is 172 Å². The van der Waals surface area contributed by atoms with Crippen LogP contribution in [0.3, 0.4) is 0 Å². The van der Waals surface area contributed by atoms with Gasteiger partial charge in [0.25, 0.3) is 5.91 Å². The van der Waals surface area contributed by atoms with Crippen LogP contribution in [0.5, 0.6) is 5.75 Å². The number of urea groups is 1. The molecule has 4 amide bonds. The number of nitrogens with two attached hydrogens (primary N) is 1. The number of rotatable bonds is 5. The Balaban J connectivity index is 1.62. The van der Waals surface area contributed by atoms with Gasteiger partial charge in [-0.3, -0.25) is 9.59 Å². The first-order chi connectivity index (χ1) is 14.3. The average Bonchev–Trinajstić information content (AvgIpc) is 2.68. The molecule has 1 aliphatic heterocycles. The molecule has 0 bridgehead atoms. The Morgan fingerprint density at radius 3 is 2.63 bits per heavy atom. The maximum atomic E-state index is 14.0. The summed E-state index contributed by atoms with van der Waals surface area (Å²) in [5.74, 6) is -1.02. The Kier molecular flexibility index (Phi) is 6.45. The minimum Gasteiger partial charge on any atom is -0.488 e.